The van der Waals surface area contributed by atoms with Crippen LogP contribution in [0.25, 0.3) is 5.57 Å². The van der Waals surface area contributed by atoms with Crippen LogP contribution in [0.3, 0.4) is 0 Å². The number of pyridine rings is 1. The summed E-state index contributed by atoms with van der Waals surface area (Å²) in [5.41, 5.74) is 5.72. The first-order valence-corrected chi connectivity index (χ1v) is 9.24. The number of hydrogen-bond acceptors (Lipinski definition) is 4. The third kappa shape index (κ3) is 4.71. The minimum atomic E-state index is 0.726. The molecule has 5 heteroatoms. The molecule has 2 heterocycles. The number of hydrogen-bond donors (Lipinski definition) is 0. The first-order valence-electron chi connectivity index (χ1n) is 8.86. The van der Waals surface area contributed by atoms with Gasteiger partial charge in [0.2, 0.25) is 0 Å². The first-order chi connectivity index (χ1) is 12.7. The smallest absolute Gasteiger partial charge is 0.106 e. The minimum Gasteiger partial charge on any atom is -0.399 e. The number of halogens is 1. The molecule has 136 valence electrons. The molecule has 0 bridgehead atoms. The Balaban J connectivity index is 1.61. The zero-order valence-electron chi connectivity index (χ0n) is 15.3. The highest BCUT2D eigenvalue weighted by molar-refractivity contribution is 6.30. The van der Waals surface area contributed by atoms with Gasteiger partial charge in [-0.05, 0) is 48.2 Å². The van der Waals surface area contributed by atoms with Gasteiger partial charge in [0.15, 0.2) is 0 Å². The van der Waals surface area contributed by atoms with E-state index in [2.05, 4.69) is 34.1 Å². The van der Waals surface area contributed by atoms with Crippen molar-refractivity contribution in [2.24, 2.45) is 5.16 Å². The molecule has 1 aliphatic heterocycles. The van der Waals surface area contributed by atoms with Crippen LogP contribution in [0, 0.1) is 6.92 Å². The summed E-state index contributed by atoms with van der Waals surface area (Å²) < 4.78 is 0. The summed E-state index contributed by atoms with van der Waals surface area (Å²) in [6, 6.07) is 11.8. The van der Waals surface area contributed by atoms with Crippen LogP contribution in [-0.4, -0.2) is 42.3 Å². The van der Waals surface area contributed by atoms with Crippen molar-refractivity contribution in [1.82, 2.24) is 9.88 Å². The fraction of sp³-hybridized carbons (Fsp3) is 0.333. The Morgan fingerprint density at radius 1 is 1.27 bits per heavy atom. The van der Waals surface area contributed by atoms with Crippen molar-refractivity contribution in [1.29, 1.82) is 0 Å². The van der Waals surface area contributed by atoms with Crippen molar-refractivity contribution in [2.45, 2.75) is 19.8 Å². The van der Waals surface area contributed by atoms with Gasteiger partial charge in [-0.15, -0.1) is 0 Å². The molecule has 0 spiro atoms. The molecule has 1 aromatic heterocycles. The number of oxime groups is 1. The second kappa shape index (κ2) is 8.97. The van der Waals surface area contributed by atoms with E-state index in [1.54, 1.807) is 7.11 Å². The predicted octanol–water partition coefficient (Wildman–Crippen LogP) is 4.57. The van der Waals surface area contributed by atoms with Gasteiger partial charge >= 0.3 is 0 Å². The van der Waals surface area contributed by atoms with E-state index in [9.17, 15) is 0 Å². The molecule has 4 nitrogen and oxygen atoms in total. The highest BCUT2D eigenvalue weighted by Crippen LogP contribution is 2.23. The van der Waals surface area contributed by atoms with Crippen molar-refractivity contribution in [3.05, 3.63) is 70.5 Å². The number of rotatable bonds is 6. The molecule has 1 aliphatic rings. The zero-order valence-corrected chi connectivity index (χ0v) is 16.0. The molecule has 1 aromatic carbocycles. The maximum Gasteiger partial charge on any atom is 0.106 e. The van der Waals surface area contributed by atoms with Crippen LogP contribution in [0.4, 0.5) is 0 Å². The van der Waals surface area contributed by atoms with Crippen molar-refractivity contribution in [2.75, 3.05) is 26.7 Å². The standard InChI is InChI=1S/C21H24ClN3O/c1-16-4-3-12-23-21(16)18-9-13-25(14-10-18)15-11-20(24-26-2)17-5-7-19(22)8-6-17/h3-9,12H,10-11,13-15H2,1-2H3. The molecule has 0 unspecified atom stereocenters. The maximum atomic E-state index is 5.98. The fourth-order valence-electron chi connectivity index (χ4n) is 3.21. The summed E-state index contributed by atoms with van der Waals surface area (Å²) in [6.45, 7) is 5.03. The van der Waals surface area contributed by atoms with Crippen LogP contribution in [0.1, 0.15) is 29.7 Å². The highest BCUT2D eigenvalue weighted by atomic mass is 35.5. The Labute approximate surface area is 160 Å². The van der Waals surface area contributed by atoms with Crippen LogP contribution in [0.15, 0.2) is 53.8 Å². The van der Waals surface area contributed by atoms with Gasteiger partial charge in [0.1, 0.15) is 7.11 Å². The summed E-state index contributed by atoms with van der Waals surface area (Å²) in [5, 5.41) is 4.93. The van der Waals surface area contributed by atoms with E-state index in [0.717, 1.165) is 54.5 Å². The van der Waals surface area contributed by atoms with E-state index in [1.807, 2.05) is 36.5 Å². The van der Waals surface area contributed by atoms with Gasteiger partial charge in [-0.2, -0.15) is 0 Å². The van der Waals surface area contributed by atoms with Gasteiger partial charge in [-0.25, -0.2) is 0 Å². The van der Waals surface area contributed by atoms with Crippen LogP contribution in [0.2, 0.25) is 5.02 Å². The van der Waals surface area contributed by atoms with Crippen LogP contribution in [-0.2, 0) is 4.84 Å². The van der Waals surface area contributed by atoms with Crippen molar-refractivity contribution in [3.8, 4) is 0 Å². The lowest BCUT2D eigenvalue weighted by atomic mass is 10.0. The lowest BCUT2D eigenvalue weighted by Gasteiger charge is -2.26. The number of nitrogens with zero attached hydrogens (tertiary/aromatic N) is 3. The van der Waals surface area contributed by atoms with Crippen molar-refractivity contribution < 1.29 is 4.84 Å². The third-order valence-electron chi connectivity index (χ3n) is 4.65. The summed E-state index contributed by atoms with van der Waals surface area (Å²) in [4.78, 5) is 12.0. The first kappa shape index (κ1) is 18.6. The largest absolute Gasteiger partial charge is 0.399 e. The molecule has 3 rings (SSSR count). The summed E-state index contributed by atoms with van der Waals surface area (Å²) >= 11 is 5.98. The molecule has 0 atom stereocenters. The fourth-order valence-corrected chi connectivity index (χ4v) is 3.34. The molecule has 0 N–H and O–H groups in total. The van der Waals surface area contributed by atoms with E-state index in [0.29, 0.717) is 0 Å². The summed E-state index contributed by atoms with van der Waals surface area (Å²) in [5.74, 6) is 0. The topological polar surface area (TPSA) is 37.7 Å². The maximum absolute atomic E-state index is 5.98. The molecule has 2 aromatic rings. The number of benzene rings is 1. The van der Waals surface area contributed by atoms with Gasteiger partial charge in [0, 0.05) is 37.3 Å². The Morgan fingerprint density at radius 2 is 2.08 bits per heavy atom. The van der Waals surface area contributed by atoms with Crippen molar-refractivity contribution in [3.63, 3.8) is 0 Å². The molecule has 0 saturated heterocycles. The normalized spacial score (nSPS) is 15.7. The van der Waals surface area contributed by atoms with Gasteiger partial charge in [0.05, 0.1) is 11.4 Å². The van der Waals surface area contributed by atoms with E-state index < -0.39 is 0 Å². The van der Waals surface area contributed by atoms with Gasteiger partial charge < -0.3 is 4.84 Å². The van der Waals surface area contributed by atoms with Gasteiger partial charge in [-0.1, -0.05) is 41.0 Å². The van der Waals surface area contributed by atoms with E-state index in [-0.39, 0.29) is 0 Å². The van der Waals surface area contributed by atoms with Crippen molar-refractivity contribution >= 4 is 22.9 Å². The van der Waals surface area contributed by atoms with E-state index >= 15 is 0 Å². The van der Waals surface area contributed by atoms with Gasteiger partial charge in [-0.3, -0.25) is 9.88 Å². The number of aryl methyl sites for hydroxylation is 1. The Hall–Kier alpha value is -2.17. The molecular formula is C21H24ClN3O. The monoisotopic (exact) mass is 369 g/mol. The predicted molar refractivity (Wildman–Crippen MR) is 108 cm³/mol. The molecule has 0 amide bonds. The van der Waals surface area contributed by atoms with E-state index in [1.165, 1.54) is 11.1 Å². The Morgan fingerprint density at radius 3 is 2.73 bits per heavy atom. The van der Waals surface area contributed by atoms with Crippen LogP contribution >= 0.6 is 11.6 Å². The second-order valence-electron chi connectivity index (χ2n) is 6.43. The quantitative estimate of drug-likeness (QED) is 0.552. The van der Waals surface area contributed by atoms with Gasteiger partial charge in [0.25, 0.3) is 0 Å². The summed E-state index contributed by atoms with van der Waals surface area (Å²) in [6.07, 6.45) is 6.03. The Kier molecular flexibility index (Phi) is 6.42. The van der Waals surface area contributed by atoms with Crippen LogP contribution in [0.5, 0.6) is 0 Å². The highest BCUT2D eigenvalue weighted by Gasteiger charge is 2.16. The number of aromatic nitrogens is 1. The average molecular weight is 370 g/mol. The molecule has 0 fully saturated rings. The molecule has 0 aliphatic carbocycles. The lowest BCUT2D eigenvalue weighted by molar-refractivity contribution is 0.212. The third-order valence-corrected chi connectivity index (χ3v) is 4.90. The second-order valence-corrected chi connectivity index (χ2v) is 6.86. The molecule has 0 saturated carbocycles. The lowest BCUT2D eigenvalue weighted by Crippen LogP contribution is -2.31. The Bertz CT molecular complexity index is 799. The molecular weight excluding hydrogens is 346 g/mol. The average Bonchev–Trinajstić information content (AvgIpc) is 2.67. The minimum absolute atomic E-state index is 0.726. The van der Waals surface area contributed by atoms with Crippen LogP contribution < -0.4 is 0 Å². The molecule has 26 heavy (non-hydrogen) atoms. The zero-order chi connectivity index (χ0) is 18.4. The van der Waals surface area contributed by atoms with E-state index in [4.69, 9.17) is 16.4 Å². The molecule has 0 radical (unpaired) electrons. The SMILES string of the molecule is CON=C(CCN1CC=C(c2ncccc2C)CC1)c1ccc(Cl)cc1. The summed E-state index contributed by atoms with van der Waals surface area (Å²) in [7, 11) is 1.58.